The predicted octanol–water partition coefficient (Wildman–Crippen LogP) is 4.48. The molecule has 1 aromatic heterocycles. The molecular weight excluding hydrogens is 287 g/mol. The minimum atomic E-state index is 0.441. The van der Waals surface area contributed by atoms with Crippen molar-refractivity contribution in [3.05, 3.63) is 44.9 Å². The molecule has 1 heterocycles. The second-order valence-corrected chi connectivity index (χ2v) is 5.74. The molecule has 0 spiro atoms. The Bertz CT molecular complexity index is 540. The van der Waals surface area contributed by atoms with Crippen LogP contribution in [0.4, 0.5) is 5.69 Å². The van der Waals surface area contributed by atoms with Gasteiger partial charge in [-0.05, 0) is 24.6 Å². The molecule has 0 N–H and O–H groups in total. The van der Waals surface area contributed by atoms with Crippen molar-refractivity contribution in [2.75, 3.05) is 11.9 Å². The van der Waals surface area contributed by atoms with Crippen molar-refractivity contribution in [3.8, 4) is 0 Å². The van der Waals surface area contributed by atoms with E-state index in [1.807, 2.05) is 37.7 Å². The Kier molecular flexibility index (Phi) is 4.49. The van der Waals surface area contributed by atoms with Crippen molar-refractivity contribution in [1.29, 1.82) is 0 Å². The molecule has 0 saturated carbocycles. The van der Waals surface area contributed by atoms with Crippen LogP contribution in [0.1, 0.15) is 16.1 Å². The third kappa shape index (κ3) is 2.97. The third-order valence-corrected chi connectivity index (χ3v) is 4.41. The monoisotopic (exact) mass is 300 g/mol. The largest absolute Gasteiger partial charge is 0.369 e. The first-order valence-electron chi connectivity index (χ1n) is 5.56. The van der Waals surface area contributed by atoms with Gasteiger partial charge in [0.1, 0.15) is 0 Å². The summed E-state index contributed by atoms with van der Waals surface area (Å²) in [5, 5.41) is 0.718. The average molecular weight is 301 g/mol. The quantitative estimate of drug-likeness (QED) is 0.774. The Morgan fingerprint density at radius 1 is 1.39 bits per heavy atom. The van der Waals surface area contributed by atoms with E-state index in [0.717, 1.165) is 28.5 Å². The number of benzene rings is 1. The Hall–Kier alpha value is -0.770. The summed E-state index contributed by atoms with van der Waals surface area (Å²) in [6, 6.07) is 5.97. The molecule has 0 unspecified atom stereocenters. The molecule has 2 nitrogen and oxygen atoms in total. The third-order valence-electron chi connectivity index (χ3n) is 2.85. The van der Waals surface area contributed by atoms with Crippen molar-refractivity contribution in [2.24, 2.45) is 0 Å². The van der Waals surface area contributed by atoms with E-state index < -0.39 is 0 Å². The summed E-state index contributed by atoms with van der Waals surface area (Å²) < 4.78 is 0. The second kappa shape index (κ2) is 5.91. The number of anilines is 1. The fraction of sp³-hybridized carbons (Fsp3) is 0.308. The molecule has 0 saturated heterocycles. The van der Waals surface area contributed by atoms with Crippen molar-refractivity contribution in [3.63, 3.8) is 0 Å². The van der Waals surface area contributed by atoms with Gasteiger partial charge < -0.3 is 4.90 Å². The lowest BCUT2D eigenvalue weighted by molar-refractivity contribution is 0.925. The molecule has 2 aromatic rings. The van der Waals surface area contributed by atoms with E-state index in [2.05, 4.69) is 9.88 Å². The van der Waals surface area contributed by atoms with E-state index in [4.69, 9.17) is 23.2 Å². The fourth-order valence-corrected chi connectivity index (χ4v) is 3.04. The fourth-order valence-electron chi connectivity index (χ4n) is 1.67. The van der Waals surface area contributed by atoms with Gasteiger partial charge in [-0.15, -0.1) is 22.9 Å². The topological polar surface area (TPSA) is 16.1 Å². The first-order valence-corrected chi connectivity index (χ1v) is 7.35. The highest BCUT2D eigenvalue weighted by atomic mass is 35.5. The Morgan fingerprint density at radius 3 is 2.72 bits per heavy atom. The maximum Gasteiger partial charge on any atom is 0.0798 e. The zero-order valence-electron chi connectivity index (χ0n) is 10.3. The predicted molar refractivity (Wildman–Crippen MR) is 80.0 cm³/mol. The lowest BCUT2D eigenvalue weighted by Crippen LogP contribution is -2.16. The van der Waals surface area contributed by atoms with Gasteiger partial charge in [-0.3, -0.25) is 0 Å². The molecule has 0 aliphatic carbocycles. The van der Waals surface area contributed by atoms with Crippen molar-refractivity contribution >= 4 is 40.2 Å². The minimum absolute atomic E-state index is 0.441. The van der Waals surface area contributed by atoms with Crippen molar-refractivity contribution in [1.82, 2.24) is 4.98 Å². The van der Waals surface area contributed by atoms with E-state index in [1.165, 1.54) is 4.88 Å². The molecule has 5 heteroatoms. The standard InChI is InChI=1S/C13H14Cl2N2S/c1-9-13(18-8-16-9)7-17(2)11-4-3-10(6-14)12(15)5-11/h3-5,8H,6-7H2,1-2H3. The molecule has 2 rings (SSSR count). The molecule has 0 fully saturated rings. The summed E-state index contributed by atoms with van der Waals surface area (Å²) in [5.74, 6) is 0.441. The van der Waals surface area contributed by atoms with E-state index >= 15 is 0 Å². The maximum absolute atomic E-state index is 6.17. The molecule has 0 amide bonds. The van der Waals surface area contributed by atoms with Crippen molar-refractivity contribution in [2.45, 2.75) is 19.3 Å². The lowest BCUT2D eigenvalue weighted by Gasteiger charge is -2.19. The normalized spacial score (nSPS) is 10.7. The summed E-state index contributed by atoms with van der Waals surface area (Å²) in [5.41, 5.74) is 5.02. The van der Waals surface area contributed by atoms with Gasteiger partial charge in [-0.1, -0.05) is 17.7 Å². The number of halogens is 2. The highest BCUT2D eigenvalue weighted by Gasteiger charge is 2.08. The summed E-state index contributed by atoms with van der Waals surface area (Å²) in [7, 11) is 2.05. The minimum Gasteiger partial charge on any atom is -0.369 e. The number of rotatable bonds is 4. The highest BCUT2D eigenvalue weighted by molar-refractivity contribution is 7.09. The highest BCUT2D eigenvalue weighted by Crippen LogP contribution is 2.26. The number of aromatic nitrogens is 1. The summed E-state index contributed by atoms with van der Waals surface area (Å²) in [4.78, 5) is 7.69. The molecule has 18 heavy (non-hydrogen) atoms. The number of aryl methyl sites for hydroxylation is 1. The van der Waals surface area contributed by atoms with Gasteiger partial charge in [-0.2, -0.15) is 0 Å². The Morgan fingerprint density at radius 2 is 2.17 bits per heavy atom. The number of thiazole rings is 1. The maximum atomic E-state index is 6.17. The molecule has 0 bridgehead atoms. The van der Waals surface area contributed by atoms with Crippen LogP contribution in [0.5, 0.6) is 0 Å². The summed E-state index contributed by atoms with van der Waals surface area (Å²) in [6.45, 7) is 2.87. The van der Waals surface area contributed by atoms with Crippen LogP contribution in [0, 0.1) is 6.92 Å². The van der Waals surface area contributed by atoms with E-state index in [-0.39, 0.29) is 0 Å². The molecule has 0 aliphatic rings. The van der Waals surface area contributed by atoms with Gasteiger partial charge in [0, 0.05) is 28.5 Å². The molecular formula is C13H14Cl2N2S. The van der Waals surface area contributed by atoms with Gasteiger partial charge in [-0.25, -0.2) is 4.98 Å². The van der Waals surface area contributed by atoms with Crippen LogP contribution in [0.15, 0.2) is 23.7 Å². The average Bonchev–Trinajstić information content (AvgIpc) is 2.75. The molecule has 0 radical (unpaired) electrons. The van der Waals surface area contributed by atoms with E-state index in [9.17, 15) is 0 Å². The van der Waals surface area contributed by atoms with E-state index in [1.54, 1.807) is 11.3 Å². The second-order valence-electron chi connectivity index (χ2n) is 4.13. The van der Waals surface area contributed by atoms with Crippen LogP contribution >= 0.6 is 34.5 Å². The van der Waals surface area contributed by atoms with Gasteiger partial charge in [0.25, 0.3) is 0 Å². The van der Waals surface area contributed by atoms with Crippen LogP contribution in [0.25, 0.3) is 0 Å². The smallest absolute Gasteiger partial charge is 0.0798 e. The molecule has 1 aromatic carbocycles. The van der Waals surface area contributed by atoms with Gasteiger partial charge >= 0.3 is 0 Å². The summed E-state index contributed by atoms with van der Waals surface area (Å²) in [6.07, 6.45) is 0. The van der Waals surface area contributed by atoms with Crippen LogP contribution in [-0.4, -0.2) is 12.0 Å². The van der Waals surface area contributed by atoms with Gasteiger partial charge in [0.15, 0.2) is 0 Å². The first-order chi connectivity index (χ1) is 8.61. The van der Waals surface area contributed by atoms with Crippen LogP contribution in [0.2, 0.25) is 5.02 Å². The van der Waals surface area contributed by atoms with Gasteiger partial charge in [0.05, 0.1) is 17.7 Å². The number of alkyl halides is 1. The zero-order chi connectivity index (χ0) is 13.1. The number of hydrogen-bond donors (Lipinski definition) is 0. The molecule has 96 valence electrons. The molecule has 0 atom stereocenters. The summed E-state index contributed by atoms with van der Waals surface area (Å²) >= 11 is 13.6. The SMILES string of the molecule is Cc1ncsc1CN(C)c1ccc(CCl)c(Cl)c1. The van der Waals surface area contributed by atoms with Crippen LogP contribution in [-0.2, 0) is 12.4 Å². The number of hydrogen-bond acceptors (Lipinski definition) is 3. The molecule has 0 aliphatic heterocycles. The van der Waals surface area contributed by atoms with Crippen LogP contribution < -0.4 is 4.90 Å². The number of nitrogens with zero attached hydrogens (tertiary/aromatic N) is 2. The lowest BCUT2D eigenvalue weighted by atomic mass is 10.2. The first kappa shape index (κ1) is 13.7. The Labute approximate surface area is 121 Å². The Balaban J connectivity index is 2.16. The van der Waals surface area contributed by atoms with Crippen molar-refractivity contribution < 1.29 is 0 Å². The zero-order valence-corrected chi connectivity index (χ0v) is 12.6. The van der Waals surface area contributed by atoms with E-state index in [0.29, 0.717) is 5.88 Å². The van der Waals surface area contributed by atoms with Gasteiger partial charge in [0.2, 0.25) is 0 Å². The van der Waals surface area contributed by atoms with Crippen LogP contribution in [0.3, 0.4) is 0 Å².